The Bertz CT molecular complexity index is 804. The number of benzene rings is 2. The molecule has 1 amide bonds. The highest BCUT2D eigenvalue weighted by Gasteiger charge is 2.07. The van der Waals surface area contributed by atoms with Crippen LogP contribution < -0.4 is 5.32 Å². The Balaban J connectivity index is 1.62. The zero-order valence-corrected chi connectivity index (χ0v) is 12.4. The van der Waals surface area contributed by atoms with E-state index in [-0.39, 0.29) is 11.7 Å². The van der Waals surface area contributed by atoms with Gasteiger partial charge in [-0.3, -0.25) is 4.79 Å². The van der Waals surface area contributed by atoms with Crippen LogP contribution in [0.25, 0.3) is 10.9 Å². The zero-order chi connectivity index (χ0) is 15.5. The molecule has 3 rings (SSSR count). The lowest BCUT2D eigenvalue weighted by molar-refractivity contribution is 0.0954. The monoisotopic (exact) mass is 294 g/mol. The number of fused-ring (bicyclic) bond motifs is 1. The number of phenols is 1. The number of hydrogen-bond acceptors (Lipinski definition) is 2. The number of aryl methyl sites for hydroxylation is 1. The van der Waals surface area contributed by atoms with Crippen LogP contribution in [0.3, 0.4) is 0 Å². The Labute approximate surface area is 128 Å². The van der Waals surface area contributed by atoms with E-state index in [2.05, 4.69) is 10.3 Å². The lowest BCUT2D eigenvalue weighted by atomic mass is 10.1. The maximum absolute atomic E-state index is 12.0. The molecule has 0 aliphatic rings. The predicted molar refractivity (Wildman–Crippen MR) is 87.2 cm³/mol. The number of carbonyl (C=O) groups is 1. The highest BCUT2D eigenvalue weighted by Crippen LogP contribution is 2.22. The SMILES string of the molecule is Cc1ccc(C(=O)NCCc2c[nH]c3cc(O)ccc23)cc1. The maximum atomic E-state index is 12.0. The molecule has 0 saturated carbocycles. The van der Waals surface area contributed by atoms with Gasteiger partial charge in [0.15, 0.2) is 0 Å². The van der Waals surface area contributed by atoms with Gasteiger partial charge in [-0.15, -0.1) is 0 Å². The van der Waals surface area contributed by atoms with Gasteiger partial charge in [-0.05, 0) is 43.2 Å². The first-order valence-electron chi connectivity index (χ1n) is 7.27. The average Bonchev–Trinajstić information content (AvgIpc) is 2.90. The number of phenolic OH excluding ortho intramolecular Hbond substituents is 1. The second kappa shape index (κ2) is 5.93. The number of aromatic hydroxyl groups is 1. The molecule has 3 N–H and O–H groups in total. The van der Waals surface area contributed by atoms with Crippen molar-refractivity contribution >= 4 is 16.8 Å². The van der Waals surface area contributed by atoms with Crippen LogP contribution in [0.15, 0.2) is 48.7 Å². The molecule has 22 heavy (non-hydrogen) atoms. The highest BCUT2D eigenvalue weighted by molar-refractivity contribution is 5.94. The Morgan fingerprint density at radius 1 is 1.18 bits per heavy atom. The number of H-pyrrole nitrogens is 1. The second-order valence-electron chi connectivity index (χ2n) is 5.42. The van der Waals surface area contributed by atoms with E-state index in [1.807, 2.05) is 43.5 Å². The molecule has 4 nitrogen and oxygen atoms in total. The largest absolute Gasteiger partial charge is 0.508 e. The molecule has 0 unspecified atom stereocenters. The first-order valence-corrected chi connectivity index (χ1v) is 7.27. The van der Waals surface area contributed by atoms with Crippen LogP contribution in [-0.2, 0) is 6.42 Å². The fourth-order valence-corrected chi connectivity index (χ4v) is 2.50. The molecular formula is C18H18N2O2. The van der Waals surface area contributed by atoms with Crippen molar-refractivity contribution in [3.05, 3.63) is 65.4 Å². The van der Waals surface area contributed by atoms with Gasteiger partial charge >= 0.3 is 0 Å². The van der Waals surface area contributed by atoms with Gasteiger partial charge < -0.3 is 15.4 Å². The minimum atomic E-state index is -0.0579. The number of aromatic amines is 1. The van der Waals surface area contributed by atoms with E-state index in [1.54, 1.807) is 12.1 Å². The van der Waals surface area contributed by atoms with Crippen molar-refractivity contribution in [2.45, 2.75) is 13.3 Å². The van der Waals surface area contributed by atoms with Gasteiger partial charge in [0.1, 0.15) is 5.75 Å². The smallest absolute Gasteiger partial charge is 0.251 e. The molecular weight excluding hydrogens is 276 g/mol. The third kappa shape index (κ3) is 2.96. The molecule has 0 saturated heterocycles. The lowest BCUT2D eigenvalue weighted by Gasteiger charge is -2.05. The summed E-state index contributed by atoms with van der Waals surface area (Å²) in [6.45, 7) is 2.57. The van der Waals surface area contributed by atoms with E-state index in [1.165, 1.54) is 0 Å². The van der Waals surface area contributed by atoms with Gasteiger partial charge in [0.05, 0.1) is 0 Å². The summed E-state index contributed by atoms with van der Waals surface area (Å²) < 4.78 is 0. The average molecular weight is 294 g/mol. The van der Waals surface area contributed by atoms with E-state index in [4.69, 9.17) is 0 Å². The Morgan fingerprint density at radius 2 is 1.95 bits per heavy atom. The van der Waals surface area contributed by atoms with Crippen molar-refractivity contribution in [2.75, 3.05) is 6.54 Å². The lowest BCUT2D eigenvalue weighted by Crippen LogP contribution is -2.25. The predicted octanol–water partition coefficient (Wildman–Crippen LogP) is 3.15. The van der Waals surface area contributed by atoms with Crippen molar-refractivity contribution in [1.29, 1.82) is 0 Å². The number of amides is 1. The van der Waals surface area contributed by atoms with Crippen LogP contribution in [0.2, 0.25) is 0 Å². The van der Waals surface area contributed by atoms with Crippen molar-refractivity contribution in [3.8, 4) is 5.75 Å². The van der Waals surface area contributed by atoms with E-state index in [0.29, 0.717) is 12.1 Å². The van der Waals surface area contributed by atoms with E-state index in [0.717, 1.165) is 28.5 Å². The molecule has 112 valence electrons. The summed E-state index contributed by atoms with van der Waals surface area (Å²) in [5, 5.41) is 13.5. The van der Waals surface area contributed by atoms with Crippen molar-refractivity contribution in [3.63, 3.8) is 0 Å². The third-order valence-corrected chi connectivity index (χ3v) is 3.74. The van der Waals surface area contributed by atoms with Crippen molar-refractivity contribution in [1.82, 2.24) is 10.3 Å². The first kappa shape index (κ1) is 14.2. The van der Waals surface area contributed by atoms with Crippen LogP contribution in [0, 0.1) is 6.92 Å². The molecule has 1 aromatic heterocycles. The summed E-state index contributed by atoms with van der Waals surface area (Å²) in [5.41, 5.74) is 3.84. The number of nitrogens with one attached hydrogen (secondary N) is 2. The third-order valence-electron chi connectivity index (χ3n) is 3.74. The minimum Gasteiger partial charge on any atom is -0.508 e. The van der Waals surface area contributed by atoms with Crippen molar-refractivity contribution < 1.29 is 9.90 Å². The molecule has 0 radical (unpaired) electrons. The summed E-state index contributed by atoms with van der Waals surface area (Å²) in [7, 11) is 0. The maximum Gasteiger partial charge on any atom is 0.251 e. The highest BCUT2D eigenvalue weighted by atomic mass is 16.3. The van der Waals surface area contributed by atoms with Gasteiger partial charge in [-0.2, -0.15) is 0 Å². The van der Waals surface area contributed by atoms with Crippen LogP contribution in [0.5, 0.6) is 5.75 Å². The number of aromatic nitrogens is 1. The zero-order valence-electron chi connectivity index (χ0n) is 12.4. The Morgan fingerprint density at radius 3 is 2.73 bits per heavy atom. The summed E-state index contributed by atoms with van der Waals surface area (Å²) in [6.07, 6.45) is 2.66. The summed E-state index contributed by atoms with van der Waals surface area (Å²) in [5.74, 6) is 0.186. The number of carbonyl (C=O) groups excluding carboxylic acids is 1. The number of rotatable bonds is 4. The minimum absolute atomic E-state index is 0.0579. The molecule has 3 aromatic rings. The Hall–Kier alpha value is -2.75. The van der Waals surface area contributed by atoms with E-state index >= 15 is 0 Å². The van der Waals surface area contributed by atoms with Crippen LogP contribution in [0.4, 0.5) is 0 Å². The second-order valence-corrected chi connectivity index (χ2v) is 5.42. The van der Waals surface area contributed by atoms with E-state index in [9.17, 15) is 9.90 Å². The molecule has 2 aromatic carbocycles. The fraction of sp³-hybridized carbons (Fsp3) is 0.167. The molecule has 0 aliphatic carbocycles. The molecule has 0 atom stereocenters. The topological polar surface area (TPSA) is 65.1 Å². The van der Waals surface area contributed by atoms with Crippen LogP contribution in [0.1, 0.15) is 21.5 Å². The standard InChI is InChI=1S/C18H18N2O2/c1-12-2-4-13(5-3-12)18(22)19-9-8-14-11-20-17-10-15(21)6-7-16(14)17/h2-7,10-11,20-21H,8-9H2,1H3,(H,19,22). The summed E-state index contributed by atoms with van der Waals surface area (Å²) in [6, 6.07) is 12.8. The van der Waals surface area contributed by atoms with Gasteiger partial charge in [0.25, 0.3) is 5.91 Å². The molecule has 4 heteroatoms. The van der Waals surface area contributed by atoms with Gasteiger partial charge in [0, 0.05) is 35.3 Å². The molecule has 1 heterocycles. The summed E-state index contributed by atoms with van der Waals surface area (Å²) >= 11 is 0. The van der Waals surface area contributed by atoms with Crippen molar-refractivity contribution in [2.24, 2.45) is 0 Å². The fourth-order valence-electron chi connectivity index (χ4n) is 2.50. The van der Waals surface area contributed by atoms with Gasteiger partial charge in [-0.1, -0.05) is 17.7 Å². The summed E-state index contributed by atoms with van der Waals surface area (Å²) in [4.78, 5) is 15.2. The molecule has 0 aliphatic heterocycles. The first-order chi connectivity index (χ1) is 10.6. The normalized spacial score (nSPS) is 10.8. The Kier molecular flexibility index (Phi) is 3.83. The number of hydrogen-bond donors (Lipinski definition) is 3. The molecule has 0 spiro atoms. The molecule has 0 bridgehead atoms. The van der Waals surface area contributed by atoms with E-state index < -0.39 is 0 Å². The van der Waals surface area contributed by atoms with Crippen LogP contribution in [-0.4, -0.2) is 22.5 Å². The van der Waals surface area contributed by atoms with Gasteiger partial charge in [0.2, 0.25) is 0 Å². The van der Waals surface area contributed by atoms with Crippen LogP contribution >= 0.6 is 0 Å². The van der Waals surface area contributed by atoms with Gasteiger partial charge in [-0.25, -0.2) is 0 Å². The molecule has 0 fully saturated rings. The quantitative estimate of drug-likeness (QED) is 0.692.